The summed E-state index contributed by atoms with van der Waals surface area (Å²) in [5, 5.41) is 9.44. The van der Waals surface area contributed by atoms with Crippen molar-refractivity contribution in [2.24, 2.45) is 5.92 Å². The molecular weight excluding hydrogens is 505 g/mol. The average molecular weight is 546 g/mol. The minimum absolute atomic E-state index is 0.00539. The Bertz CT molecular complexity index is 1300. The Kier molecular flexibility index (Phi) is 9.38. The number of nitrogens with zero attached hydrogens (tertiary/aromatic N) is 1. The molecule has 0 bridgehead atoms. The quantitative estimate of drug-likeness (QED) is 0.251. The van der Waals surface area contributed by atoms with Crippen molar-refractivity contribution in [3.63, 3.8) is 0 Å². The van der Waals surface area contributed by atoms with E-state index in [1.165, 1.54) is 44.6 Å². The van der Waals surface area contributed by atoms with Gasteiger partial charge in [0.2, 0.25) is 0 Å². The fourth-order valence-electron chi connectivity index (χ4n) is 5.83. The number of carboxylic acid groups (broad SMARTS) is 1. The number of carboxylic acids is 1. The minimum Gasteiger partial charge on any atom is -0.497 e. The van der Waals surface area contributed by atoms with Crippen molar-refractivity contribution in [3.05, 3.63) is 83.2 Å². The molecule has 5 rings (SSSR count). The summed E-state index contributed by atoms with van der Waals surface area (Å²) in [5.74, 6) is 0.991. The highest BCUT2D eigenvalue weighted by atomic mass is 19.1. The molecule has 1 saturated carbocycles. The van der Waals surface area contributed by atoms with Crippen LogP contribution in [0.25, 0.3) is 11.1 Å². The molecule has 0 unspecified atom stereocenters. The van der Waals surface area contributed by atoms with Gasteiger partial charge in [-0.25, -0.2) is 4.39 Å². The number of rotatable bonds is 12. The monoisotopic (exact) mass is 545 g/mol. The molecule has 5 nitrogen and oxygen atoms in total. The highest BCUT2D eigenvalue weighted by Gasteiger charge is 2.28. The highest BCUT2D eigenvalue weighted by Crippen LogP contribution is 2.40. The first-order chi connectivity index (χ1) is 19.5. The van der Waals surface area contributed by atoms with Crippen molar-refractivity contribution < 1.29 is 23.8 Å². The van der Waals surface area contributed by atoms with E-state index >= 15 is 4.39 Å². The number of hydrogen-bond acceptors (Lipinski definition) is 4. The summed E-state index contributed by atoms with van der Waals surface area (Å²) in [6.45, 7) is 3.23. The van der Waals surface area contributed by atoms with Gasteiger partial charge in [0.15, 0.2) is 0 Å². The molecule has 40 heavy (non-hydrogen) atoms. The molecule has 212 valence electrons. The summed E-state index contributed by atoms with van der Waals surface area (Å²) < 4.78 is 26.6. The van der Waals surface area contributed by atoms with Crippen LogP contribution in [0.2, 0.25) is 0 Å². The van der Waals surface area contributed by atoms with E-state index in [-0.39, 0.29) is 18.2 Å². The third-order valence-electron chi connectivity index (χ3n) is 8.20. The Morgan fingerprint density at radius 2 is 1.77 bits per heavy atom. The lowest BCUT2D eigenvalue weighted by Crippen LogP contribution is -2.24. The highest BCUT2D eigenvalue weighted by molar-refractivity contribution is 5.70. The average Bonchev–Trinajstić information content (AvgIpc) is 3.80. The van der Waals surface area contributed by atoms with Crippen LogP contribution in [0, 0.1) is 11.7 Å². The number of ether oxygens (including phenoxy) is 2. The Morgan fingerprint density at radius 1 is 0.975 bits per heavy atom. The van der Waals surface area contributed by atoms with E-state index in [1.54, 1.807) is 19.2 Å². The topological polar surface area (TPSA) is 59.0 Å². The Balaban J connectivity index is 1.37. The van der Waals surface area contributed by atoms with Gasteiger partial charge in [-0.15, -0.1) is 0 Å². The first-order valence-electron chi connectivity index (χ1n) is 14.6. The molecule has 0 spiro atoms. The molecule has 1 atom stereocenters. The molecule has 1 heterocycles. The number of benzene rings is 3. The van der Waals surface area contributed by atoms with Crippen molar-refractivity contribution in [1.82, 2.24) is 4.90 Å². The Hall–Kier alpha value is -3.38. The molecule has 3 aromatic rings. The minimum atomic E-state index is -0.763. The number of hydrogen-bond donors (Lipinski definition) is 1. The van der Waals surface area contributed by atoms with E-state index in [9.17, 15) is 9.90 Å². The van der Waals surface area contributed by atoms with Crippen molar-refractivity contribution in [1.29, 1.82) is 0 Å². The van der Waals surface area contributed by atoms with Crippen LogP contribution in [0.15, 0.2) is 60.7 Å². The lowest BCUT2D eigenvalue weighted by atomic mass is 9.90. The van der Waals surface area contributed by atoms with Gasteiger partial charge in [0.05, 0.1) is 13.5 Å². The largest absolute Gasteiger partial charge is 0.497 e. The van der Waals surface area contributed by atoms with Crippen LogP contribution in [0.1, 0.15) is 74.0 Å². The molecule has 1 saturated heterocycles. The van der Waals surface area contributed by atoms with Gasteiger partial charge in [-0.1, -0.05) is 56.0 Å². The van der Waals surface area contributed by atoms with Gasteiger partial charge < -0.3 is 14.6 Å². The van der Waals surface area contributed by atoms with Gasteiger partial charge in [-0.3, -0.25) is 9.69 Å². The normalized spacial score (nSPS) is 16.8. The number of methoxy groups -OCH3 is 1. The third kappa shape index (κ3) is 7.63. The summed E-state index contributed by atoms with van der Waals surface area (Å²) in [6.07, 6.45) is 8.34. The fourth-order valence-corrected chi connectivity index (χ4v) is 5.83. The van der Waals surface area contributed by atoms with Crippen molar-refractivity contribution in [2.45, 2.75) is 70.4 Å². The number of halogens is 1. The van der Waals surface area contributed by atoms with Crippen molar-refractivity contribution in [3.8, 4) is 22.6 Å². The van der Waals surface area contributed by atoms with Crippen molar-refractivity contribution in [2.75, 3.05) is 20.2 Å². The smallest absolute Gasteiger partial charge is 0.303 e. The van der Waals surface area contributed by atoms with E-state index < -0.39 is 5.97 Å². The summed E-state index contributed by atoms with van der Waals surface area (Å²) in [6, 6.07) is 18.9. The van der Waals surface area contributed by atoms with Crippen LogP contribution >= 0.6 is 0 Å². The maximum absolute atomic E-state index is 15.0. The SMILES string of the molecule is COc1ccc(F)c(-c2ccc(COc3cccc([C@H](CC(=O)O)CC4CC4)c3)cc2CN2CCCCCC2)c1. The maximum atomic E-state index is 15.0. The molecule has 0 aromatic heterocycles. The van der Waals surface area contributed by atoms with E-state index in [1.807, 2.05) is 36.4 Å². The zero-order valence-corrected chi connectivity index (χ0v) is 23.4. The Morgan fingerprint density at radius 3 is 2.50 bits per heavy atom. The number of likely N-dealkylation sites (tertiary alicyclic amines) is 1. The summed E-state index contributed by atoms with van der Waals surface area (Å²) in [5.41, 5.74) is 4.54. The predicted octanol–water partition coefficient (Wildman–Crippen LogP) is 7.81. The predicted molar refractivity (Wildman–Crippen MR) is 155 cm³/mol. The van der Waals surface area contributed by atoms with Crippen LogP contribution in [-0.4, -0.2) is 36.2 Å². The number of aliphatic carboxylic acids is 1. The van der Waals surface area contributed by atoms with Gasteiger partial charge in [0.1, 0.15) is 23.9 Å². The summed E-state index contributed by atoms with van der Waals surface area (Å²) in [7, 11) is 1.60. The molecule has 2 aliphatic rings. The number of carbonyl (C=O) groups is 1. The third-order valence-corrected chi connectivity index (χ3v) is 8.20. The van der Waals surface area contributed by atoms with E-state index in [2.05, 4.69) is 11.0 Å². The molecule has 0 amide bonds. The van der Waals surface area contributed by atoms with E-state index in [0.29, 0.717) is 23.8 Å². The van der Waals surface area contributed by atoms with Crippen LogP contribution in [0.3, 0.4) is 0 Å². The lowest BCUT2D eigenvalue weighted by Gasteiger charge is -2.23. The zero-order chi connectivity index (χ0) is 27.9. The van der Waals surface area contributed by atoms with Crippen LogP contribution in [0.4, 0.5) is 4.39 Å². The second kappa shape index (κ2) is 13.3. The second-order valence-corrected chi connectivity index (χ2v) is 11.4. The zero-order valence-electron chi connectivity index (χ0n) is 23.4. The molecule has 6 heteroatoms. The van der Waals surface area contributed by atoms with Gasteiger partial charge in [0.25, 0.3) is 0 Å². The summed E-state index contributed by atoms with van der Waals surface area (Å²) >= 11 is 0. The van der Waals surface area contributed by atoms with Gasteiger partial charge in [-0.2, -0.15) is 0 Å². The molecule has 1 aliphatic heterocycles. The van der Waals surface area contributed by atoms with Crippen LogP contribution in [-0.2, 0) is 17.9 Å². The first-order valence-corrected chi connectivity index (χ1v) is 14.6. The lowest BCUT2D eigenvalue weighted by molar-refractivity contribution is -0.137. The van der Waals surface area contributed by atoms with Crippen molar-refractivity contribution >= 4 is 5.97 Å². The molecule has 1 aliphatic carbocycles. The second-order valence-electron chi connectivity index (χ2n) is 11.4. The molecule has 2 fully saturated rings. The van der Waals surface area contributed by atoms with Gasteiger partial charge >= 0.3 is 5.97 Å². The van der Waals surface area contributed by atoms with E-state index in [0.717, 1.165) is 54.1 Å². The van der Waals surface area contributed by atoms with Gasteiger partial charge in [0, 0.05) is 12.1 Å². The summed E-state index contributed by atoms with van der Waals surface area (Å²) in [4.78, 5) is 14.0. The molecular formula is C34H40FNO4. The van der Waals surface area contributed by atoms with E-state index in [4.69, 9.17) is 9.47 Å². The maximum Gasteiger partial charge on any atom is 0.303 e. The molecule has 3 aromatic carbocycles. The van der Waals surface area contributed by atoms with Gasteiger partial charge in [-0.05, 0) is 96.8 Å². The Labute approximate surface area is 236 Å². The van der Waals surface area contributed by atoms with Crippen LogP contribution in [0.5, 0.6) is 11.5 Å². The van der Waals surface area contributed by atoms with Crippen LogP contribution < -0.4 is 9.47 Å². The standard InChI is InChI=1S/C34H40FNO4/c1-39-29-12-14-33(35)32(21-29)31-13-11-25(18-28(31)22-36-15-4-2-3-5-16-36)23-40-30-8-6-7-26(19-30)27(20-34(37)38)17-24-9-10-24/h6-8,11-14,18-19,21,24,27H,2-5,9-10,15-17,20,22-23H2,1H3,(H,37,38)/t27-/m0/s1. The molecule has 1 N–H and O–H groups in total. The first kappa shape index (κ1) is 28.2. The fraction of sp³-hybridized carbons (Fsp3) is 0.441. The molecule has 0 radical (unpaired) electrons.